The lowest BCUT2D eigenvalue weighted by Crippen LogP contribution is -2.14. The summed E-state index contributed by atoms with van der Waals surface area (Å²) in [6.07, 6.45) is 4.38. The van der Waals surface area contributed by atoms with Gasteiger partial charge < -0.3 is 8.94 Å². The van der Waals surface area contributed by atoms with Crippen LogP contribution in [0.2, 0.25) is 0 Å². The van der Waals surface area contributed by atoms with Crippen LogP contribution < -0.4 is 0 Å². The summed E-state index contributed by atoms with van der Waals surface area (Å²) < 4.78 is 11.7. The van der Waals surface area contributed by atoms with Gasteiger partial charge in [0.2, 0.25) is 12.2 Å². The highest BCUT2D eigenvalue weighted by molar-refractivity contribution is 6.05. The monoisotopic (exact) mass is 524 g/mol. The Morgan fingerprint density at radius 2 is 1.64 bits per heavy atom. The number of rotatable bonds is 6. The number of hydrogen-bond donors (Lipinski definition) is 0. The Labute approximate surface area is 215 Å². The Balaban J connectivity index is 1.56. The van der Waals surface area contributed by atoms with E-state index in [-0.39, 0.29) is 28.7 Å². The number of nitro groups is 2. The molecule has 0 unspecified atom stereocenters. The summed E-state index contributed by atoms with van der Waals surface area (Å²) in [5.74, 6) is -0.715. The molecule has 4 aromatic heterocycles. The van der Waals surface area contributed by atoms with Crippen LogP contribution in [0.4, 0.5) is 11.4 Å². The van der Waals surface area contributed by atoms with Gasteiger partial charge in [0.25, 0.3) is 23.2 Å². The molecular weight excluding hydrogens is 512 g/mol. The second-order valence-corrected chi connectivity index (χ2v) is 8.09. The Hall–Kier alpha value is -6.12. The first-order valence-electron chi connectivity index (χ1n) is 11.0. The van der Waals surface area contributed by atoms with E-state index in [4.69, 9.17) is 8.94 Å². The van der Waals surface area contributed by atoms with Gasteiger partial charge in [-0.25, -0.2) is 4.98 Å². The van der Waals surface area contributed by atoms with Crippen molar-refractivity contribution in [2.24, 2.45) is 0 Å². The third-order valence-electron chi connectivity index (χ3n) is 5.75. The summed E-state index contributed by atoms with van der Waals surface area (Å²) in [6.45, 7) is 0. The minimum absolute atomic E-state index is 0.00528. The average Bonchev–Trinajstić information content (AvgIpc) is 3.72. The van der Waals surface area contributed by atoms with Crippen LogP contribution in [0.25, 0.3) is 45.3 Å². The molecule has 0 atom stereocenters. The molecule has 39 heavy (non-hydrogen) atoms. The van der Waals surface area contributed by atoms with Crippen molar-refractivity contribution in [2.45, 2.75) is 0 Å². The van der Waals surface area contributed by atoms with E-state index >= 15 is 0 Å². The van der Waals surface area contributed by atoms with Crippen molar-refractivity contribution in [3.05, 3.63) is 99.2 Å². The molecule has 0 aliphatic rings. The van der Waals surface area contributed by atoms with E-state index in [0.29, 0.717) is 11.0 Å². The number of aromatic nitrogens is 6. The Kier molecular flexibility index (Phi) is 5.42. The highest BCUT2D eigenvalue weighted by Crippen LogP contribution is 2.32. The zero-order valence-corrected chi connectivity index (χ0v) is 19.4. The standard InChI is InChI=1S/C24H12N8O7/c33-24(15-7-16(31(34)35)10-17(8-15)32(36)37)30-20-2-1-14(13-3-5-25-6-4-13)9-18(20)27-22(30)21-11-19(29-39-21)23-28-26-12-38-23/h1-12H. The van der Waals surface area contributed by atoms with Gasteiger partial charge in [0.1, 0.15) is 0 Å². The highest BCUT2D eigenvalue weighted by Gasteiger charge is 2.27. The predicted octanol–water partition coefficient (Wildman–Crippen LogP) is 4.31. The van der Waals surface area contributed by atoms with Gasteiger partial charge in [-0.3, -0.25) is 34.6 Å². The molecule has 4 heterocycles. The summed E-state index contributed by atoms with van der Waals surface area (Å²) >= 11 is 0. The van der Waals surface area contributed by atoms with Crippen molar-refractivity contribution >= 4 is 28.3 Å². The summed E-state index contributed by atoms with van der Waals surface area (Å²) in [5.41, 5.74) is 0.976. The zero-order chi connectivity index (χ0) is 27.1. The first-order valence-corrected chi connectivity index (χ1v) is 11.0. The second kappa shape index (κ2) is 9.07. The molecule has 0 radical (unpaired) electrons. The molecule has 0 saturated heterocycles. The van der Waals surface area contributed by atoms with E-state index in [2.05, 4.69) is 25.3 Å². The lowest BCUT2D eigenvalue weighted by Gasteiger charge is -2.07. The third-order valence-corrected chi connectivity index (χ3v) is 5.75. The van der Waals surface area contributed by atoms with Gasteiger partial charge in [0.05, 0.1) is 32.5 Å². The molecule has 0 N–H and O–H groups in total. The molecule has 0 amide bonds. The Morgan fingerprint density at radius 3 is 2.31 bits per heavy atom. The molecule has 0 aliphatic carbocycles. The number of pyridine rings is 1. The normalized spacial score (nSPS) is 11.1. The van der Waals surface area contributed by atoms with Crippen molar-refractivity contribution < 1.29 is 23.6 Å². The van der Waals surface area contributed by atoms with Crippen LogP contribution >= 0.6 is 0 Å². The number of carbonyl (C=O) groups excluding carboxylic acids is 1. The number of hydrogen-bond acceptors (Lipinski definition) is 12. The van der Waals surface area contributed by atoms with E-state index in [0.717, 1.165) is 40.3 Å². The number of fused-ring (bicyclic) bond motifs is 1. The van der Waals surface area contributed by atoms with E-state index < -0.39 is 27.1 Å². The van der Waals surface area contributed by atoms with Crippen LogP contribution in [0.3, 0.4) is 0 Å². The highest BCUT2D eigenvalue weighted by atomic mass is 16.6. The van der Waals surface area contributed by atoms with Crippen LogP contribution in [0.5, 0.6) is 0 Å². The maximum absolute atomic E-state index is 13.8. The second-order valence-electron chi connectivity index (χ2n) is 8.09. The van der Waals surface area contributed by atoms with Crippen molar-refractivity contribution in [3.63, 3.8) is 0 Å². The molecule has 0 saturated carbocycles. The Bertz CT molecular complexity index is 1860. The number of non-ortho nitro benzene ring substituents is 2. The lowest BCUT2D eigenvalue weighted by molar-refractivity contribution is -0.394. The third kappa shape index (κ3) is 4.14. The SMILES string of the molecule is O=C(c1cc([N+](=O)[O-])cc([N+](=O)[O-])c1)n1c(-c2cc(-c3nnco3)no2)nc2cc(-c3ccncc3)ccc21. The number of nitrogens with zero attached hydrogens (tertiary/aromatic N) is 8. The minimum Gasteiger partial charge on any atom is -0.422 e. The van der Waals surface area contributed by atoms with Crippen molar-refractivity contribution in [2.75, 3.05) is 0 Å². The summed E-state index contributed by atoms with van der Waals surface area (Å²) in [7, 11) is 0. The van der Waals surface area contributed by atoms with Crippen LogP contribution in [-0.2, 0) is 0 Å². The first kappa shape index (κ1) is 23.3. The molecule has 15 heteroatoms. The summed E-state index contributed by atoms with van der Waals surface area (Å²) in [4.78, 5) is 43.7. The van der Waals surface area contributed by atoms with Gasteiger partial charge in [0.15, 0.2) is 11.5 Å². The number of carbonyl (C=O) groups is 1. The molecule has 0 bridgehead atoms. The quantitative estimate of drug-likeness (QED) is 0.221. The molecule has 0 fully saturated rings. The fraction of sp³-hybridized carbons (Fsp3) is 0. The van der Waals surface area contributed by atoms with Crippen LogP contribution in [0.1, 0.15) is 10.4 Å². The lowest BCUT2D eigenvalue weighted by atomic mass is 10.1. The van der Waals surface area contributed by atoms with Crippen molar-refractivity contribution in [3.8, 4) is 34.3 Å². The molecular formula is C24H12N8O7. The molecule has 190 valence electrons. The first-order chi connectivity index (χ1) is 18.9. The van der Waals surface area contributed by atoms with Gasteiger partial charge in [-0.1, -0.05) is 11.2 Å². The van der Waals surface area contributed by atoms with Crippen molar-refractivity contribution in [1.82, 2.24) is 29.9 Å². The summed E-state index contributed by atoms with van der Waals surface area (Å²) in [5, 5.41) is 34.1. The van der Waals surface area contributed by atoms with Gasteiger partial charge >= 0.3 is 0 Å². The number of imidazole rings is 1. The zero-order valence-electron chi connectivity index (χ0n) is 19.4. The maximum atomic E-state index is 13.8. The fourth-order valence-electron chi connectivity index (χ4n) is 4.00. The average molecular weight is 524 g/mol. The van der Waals surface area contributed by atoms with Crippen LogP contribution in [0, 0.1) is 20.2 Å². The van der Waals surface area contributed by atoms with Crippen LogP contribution in [0.15, 0.2) is 82.3 Å². The van der Waals surface area contributed by atoms with Gasteiger partial charge in [-0.05, 0) is 35.4 Å². The van der Waals surface area contributed by atoms with E-state index in [1.54, 1.807) is 42.7 Å². The van der Waals surface area contributed by atoms with E-state index in [1.807, 2.05) is 0 Å². The van der Waals surface area contributed by atoms with E-state index in [9.17, 15) is 25.0 Å². The van der Waals surface area contributed by atoms with Gasteiger partial charge in [-0.2, -0.15) is 0 Å². The number of benzene rings is 2. The van der Waals surface area contributed by atoms with Crippen LogP contribution in [-0.4, -0.2) is 45.6 Å². The summed E-state index contributed by atoms with van der Waals surface area (Å²) in [6, 6.07) is 12.9. The van der Waals surface area contributed by atoms with E-state index in [1.165, 1.54) is 6.07 Å². The molecule has 0 spiro atoms. The van der Waals surface area contributed by atoms with Gasteiger partial charge in [-0.15, -0.1) is 10.2 Å². The topological polar surface area (TPSA) is 199 Å². The largest absolute Gasteiger partial charge is 0.422 e. The molecule has 15 nitrogen and oxygen atoms in total. The smallest absolute Gasteiger partial charge is 0.277 e. The molecule has 6 rings (SSSR count). The fourth-order valence-corrected chi connectivity index (χ4v) is 4.00. The van der Waals surface area contributed by atoms with Gasteiger partial charge in [0, 0.05) is 30.6 Å². The minimum atomic E-state index is -0.815. The molecule has 0 aliphatic heterocycles. The predicted molar refractivity (Wildman–Crippen MR) is 131 cm³/mol. The molecule has 2 aromatic carbocycles. The molecule has 6 aromatic rings. The number of nitro benzene ring substituents is 2. The van der Waals surface area contributed by atoms with Crippen molar-refractivity contribution in [1.29, 1.82) is 0 Å². The maximum Gasteiger partial charge on any atom is 0.277 e. The Morgan fingerprint density at radius 1 is 0.897 bits per heavy atom.